The number of halogens is 1. The van der Waals surface area contributed by atoms with Crippen LogP contribution in [0.25, 0.3) is 16.5 Å². The van der Waals surface area contributed by atoms with Crippen molar-refractivity contribution in [1.82, 2.24) is 24.9 Å². The van der Waals surface area contributed by atoms with Gasteiger partial charge < -0.3 is 10.2 Å². The highest BCUT2D eigenvalue weighted by molar-refractivity contribution is 5.98. The molecule has 3 aromatic rings. The Kier molecular flexibility index (Phi) is 5.27. The number of piperidine rings is 1. The number of fused-ring (bicyclic) bond motifs is 1. The molecule has 4 rings (SSSR count). The highest BCUT2D eigenvalue weighted by atomic mass is 19.1. The summed E-state index contributed by atoms with van der Waals surface area (Å²) in [6, 6.07) is 7.52. The first-order valence-corrected chi connectivity index (χ1v) is 9.92. The number of alkyl halides is 1. The predicted molar refractivity (Wildman–Crippen MR) is 110 cm³/mol. The van der Waals surface area contributed by atoms with E-state index < -0.39 is 11.6 Å². The van der Waals surface area contributed by atoms with Crippen LogP contribution in [-0.2, 0) is 4.79 Å². The minimum absolute atomic E-state index is 0.204. The first-order valence-electron chi connectivity index (χ1n) is 9.92. The molecule has 0 aliphatic carbocycles. The Hall–Kier alpha value is -2.87. The first kappa shape index (κ1) is 19.4. The molecule has 1 aliphatic heterocycles. The second kappa shape index (κ2) is 7.87. The van der Waals surface area contributed by atoms with E-state index in [0.717, 1.165) is 23.0 Å². The Bertz CT molecular complexity index is 996. The van der Waals surface area contributed by atoms with Crippen LogP contribution in [0.5, 0.6) is 0 Å². The Morgan fingerprint density at radius 3 is 2.72 bits per heavy atom. The summed E-state index contributed by atoms with van der Waals surface area (Å²) in [6.45, 7) is 6.40. The van der Waals surface area contributed by atoms with Crippen molar-refractivity contribution in [3.05, 3.63) is 42.9 Å². The molecule has 1 aromatic carbocycles. The molecule has 1 fully saturated rings. The summed E-state index contributed by atoms with van der Waals surface area (Å²) in [5, 5.41) is 12.3. The van der Waals surface area contributed by atoms with Crippen LogP contribution in [-0.4, -0.2) is 56.1 Å². The molecule has 2 aromatic heterocycles. The molecule has 29 heavy (non-hydrogen) atoms. The van der Waals surface area contributed by atoms with Gasteiger partial charge in [0.1, 0.15) is 5.82 Å². The molecule has 0 unspecified atom stereocenters. The van der Waals surface area contributed by atoms with Gasteiger partial charge in [-0.2, -0.15) is 0 Å². The number of pyridine rings is 1. The third-order valence-corrected chi connectivity index (χ3v) is 5.31. The number of amides is 1. The normalized spacial score (nSPS) is 17.0. The van der Waals surface area contributed by atoms with E-state index in [0.29, 0.717) is 24.8 Å². The average molecular weight is 396 g/mol. The molecule has 8 heteroatoms. The molecule has 1 amide bonds. The van der Waals surface area contributed by atoms with Crippen LogP contribution in [0.4, 0.5) is 10.2 Å². The van der Waals surface area contributed by atoms with Crippen molar-refractivity contribution in [1.29, 1.82) is 0 Å². The number of hydrogen-bond acceptors (Lipinski definition) is 5. The van der Waals surface area contributed by atoms with Crippen LogP contribution in [0.15, 0.2) is 42.9 Å². The Morgan fingerprint density at radius 2 is 2.03 bits per heavy atom. The topological polar surface area (TPSA) is 75.9 Å². The lowest BCUT2D eigenvalue weighted by molar-refractivity contribution is -0.130. The lowest BCUT2D eigenvalue weighted by Crippen LogP contribution is -2.49. The van der Waals surface area contributed by atoms with Gasteiger partial charge in [-0.25, -0.2) is 14.1 Å². The van der Waals surface area contributed by atoms with E-state index >= 15 is 4.39 Å². The molecular formula is C21H25FN6O. The SMILES string of the molecule is CC(C)CN1CCC(F)(C(=O)Nc2cc3cc(-n4ccnn4)ccc3cn2)CC1. The number of rotatable bonds is 5. The maximum absolute atomic E-state index is 15.2. The summed E-state index contributed by atoms with van der Waals surface area (Å²) in [5.74, 6) is 0.265. The van der Waals surface area contributed by atoms with Crippen LogP contribution in [0.1, 0.15) is 26.7 Å². The van der Waals surface area contributed by atoms with Gasteiger partial charge in [-0.05, 0) is 29.5 Å². The van der Waals surface area contributed by atoms with Crippen molar-refractivity contribution < 1.29 is 9.18 Å². The molecule has 1 aliphatic rings. The van der Waals surface area contributed by atoms with Crippen LogP contribution < -0.4 is 5.32 Å². The Morgan fingerprint density at radius 1 is 1.24 bits per heavy atom. The number of anilines is 1. The monoisotopic (exact) mass is 396 g/mol. The third kappa shape index (κ3) is 4.27. The van der Waals surface area contributed by atoms with Crippen molar-refractivity contribution in [3.8, 4) is 5.69 Å². The van der Waals surface area contributed by atoms with Gasteiger partial charge in [-0.15, -0.1) is 5.10 Å². The molecule has 0 atom stereocenters. The number of likely N-dealkylation sites (tertiary alicyclic amines) is 1. The Balaban J connectivity index is 1.48. The van der Waals surface area contributed by atoms with E-state index in [1.807, 2.05) is 18.2 Å². The molecule has 0 spiro atoms. The lowest BCUT2D eigenvalue weighted by Gasteiger charge is -2.36. The lowest BCUT2D eigenvalue weighted by atomic mass is 9.92. The predicted octanol–water partition coefficient (Wildman–Crippen LogP) is 3.21. The van der Waals surface area contributed by atoms with Crippen LogP contribution in [0.2, 0.25) is 0 Å². The van der Waals surface area contributed by atoms with Gasteiger partial charge in [0.15, 0.2) is 5.67 Å². The van der Waals surface area contributed by atoms with E-state index in [1.54, 1.807) is 29.3 Å². The quantitative estimate of drug-likeness (QED) is 0.717. The average Bonchev–Trinajstić information content (AvgIpc) is 3.24. The molecule has 0 saturated carbocycles. The number of nitrogens with zero attached hydrogens (tertiary/aromatic N) is 5. The maximum Gasteiger partial charge on any atom is 0.263 e. The fourth-order valence-corrected chi connectivity index (χ4v) is 3.75. The van der Waals surface area contributed by atoms with Gasteiger partial charge in [0, 0.05) is 44.1 Å². The standard InChI is InChI=1S/C21H25FN6O/c1-15(2)14-27-8-5-21(22,6-9-27)20(29)25-19-12-17-11-18(28-10-7-24-26-28)4-3-16(17)13-23-19/h3-4,7,10-13,15H,5-6,8-9,14H2,1-2H3,(H,23,25,29). The summed E-state index contributed by atoms with van der Waals surface area (Å²) in [4.78, 5) is 19.1. The van der Waals surface area contributed by atoms with Gasteiger partial charge >= 0.3 is 0 Å². The minimum atomic E-state index is -1.85. The third-order valence-electron chi connectivity index (χ3n) is 5.31. The minimum Gasteiger partial charge on any atom is -0.308 e. The smallest absolute Gasteiger partial charge is 0.263 e. The van der Waals surface area contributed by atoms with Crippen molar-refractivity contribution in [2.45, 2.75) is 32.4 Å². The van der Waals surface area contributed by atoms with Gasteiger partial charge in [-0.1, -0.05) is 25.1 Å². The number of hydrogen-bond donors (Lipinski definition) is 1. The molecule has 3 heterocycles. The summed E-state index contributed by atoms with van der Waals surface area (Å²) >= 11 is 0. The molecule has 152 valence electrons. The highest BCUT2D eigenvalue weighted by Gasteiger charge is 2.41. The molecule has 7 nitrogen and oxygen atoms in total. The van der Waals surface area contributed by atoms with Gasteiger partial charge in [0.05, 0.1) is 18.1 Å². The fraction of sp³-hybridized carbons (Fsp3) is 0.429. The number of nitrogens with one attached hydrogen (secondary N) is 1. The van der Waals surface area contributed by atoms with E-state index in [1.165, 1.54) is 0 Å². The zero-order chi connectivity index (χ0) is 20.4. The van der Waals surface area contributed by atoms with Crippen molar-refractivity contribution in [3.63, 3.8) is 0 Å². The van der Waals surface area contributed by atoms with Crippen molar-refractivity contribution >= 4 is 22.5 Å². The number of carbonyl (C=O) groups is 1. The molecule has 0 radical (unpaired) electrons. The zero-order valence-corrected chi connectivity index (χ0v) is 16.7. The number of aromatic nitrogens is 4. The zero-order valence-electron chi connectivity index (χ0n) is 16.7. The van der Waals surface area contributed by atoms with Crippen molar-refractivity contribution in [2.24, 2.45) is 5.92 Å². The molecule has 0 bridgehead atoms. The van der Waals surface area contributed by atoms with Gasteiger partial charge in [0.2, 0.25) is 0 Å². The van der Waals surface area contributed by atoms with E-state index in [9.17, 15) is 4.79 Å². The molecule has 1 N–H and O–H groups in total. The largest absolute Gasteiger partial charge is 0.308 e. The second-order valence-corrected chi connectivity index (χ2v) is 8.06. The van der Waals surface area contributed by atoms with Gasteiger partial charge in [-0.3, -0.25) is 4.79 Å². The summed E-state index contributed by atoms with van der Waals surface area (Å²) in [7, 11) is 0. The molecule has 1 saturated heterocycles. The molecular weight excluding hydrogens is 371 g/mol. The highest BCUT2D eigenvalue weighted by Crippen LogP contribution is 2.29. The summed E-state index contributed by atoms with van der Waals surface area (Å²) in [6.07, 6.45) is 5.44. The second-order valence-electron chi connectivity index (χ2n) is 8.06. The first-order chi connectivity index (χ1) is 13.9. The summed E-state index contributed by atoms with van der Waals surface area (Å²) in [5.41, 5.74) is -1.01. The fourth-order valence-electron chi connectivity index (χ4n) is 3.75. The van der Waals surface area contributed by atoms with E-state index in [4.69, 9.17) is 0 Å². The summed E-state index contributed by atoms with van der Waals surface area (Å²) < 4.78 is 16.9. The van der Waals surface area contributed by atoms with Crippen LogP contribution >= 0.6 is 0 Å². The van der Waals surface area contributed by atoms with Crippen LogP contribution in [0, 0.1) is 5.92 Å². The van der Waals surface area contributed by atoms with E-state index in [2.05, 4.69) is 39.4 Å². The number of benzene rings is 1. The maximum atomic E-state index is 15.2. The van der Waals surface area contributed by atoms with Crippen molar-refractivity contribution in [2.75, 3.05) is 25.0 Å². The Labute approximate surface area is 168 Å². The van der Waals surface area contributed by atoms with Gasteiger partial charge in [0.25, 0.3) is 5.91 Å². The van der Waals surface area contributed by atoms with Crippen LogP contribution in [0.3, 0.4) is 0 Å². The number of carbonyl (C=O) groups excluding carboxylic acids is 1. The van der Waals surface area contributed by atoms with E-state index in [-0.39, 0.29) is 12.8 Å².